The highest BCUT2D eigenvalue weighted by Crippen LogP contribution is 2.23. The maximum Gasteiger partial charge on any atom is 0.274 e. The predicted octanol–water partition coefficient (Wildman–Crippen LogP) is 3.81. The summed E-state index contributed by atoms with van der Waals surface area (Å²) in [5.41, 5.74) is 6.13. The number of rotatable bonds is 5. The van der Waals surface area contributed by atoms with Crippen LogP contribution in [0.3, 0.4) is 0 Å². The third-order valence-electron chi connectivity index (χ3n) is 6.59. The zero-order valence-electron chi connectivity index (χ0n) is 18.3. The maximum absolute atomic E-state index is 13.0. The first-order valence-corrected chi connectivity index (χ1v) is 11.3. The number of hydrogen-bond donors (Lipinski definition) is 3. The predicted molar refractivity (Wildman–Crippen MR) is 126 cm³/mol. The molecule has 0 spiro atoms. The number of hydrogen-bond acceptors (Lipinski definition) is 2. The van der Waals surface area contributed by atoms with E-state index in [-0.39, 0.29) is 17.4 Å². The largest absolute Gasteiger partial charge is 0.361 e. The summed E-state index contributed by atoms with van der Waals surface area (Å²) in [6.45, 7) is 2.64. The molecule has 3 N–H and O–H groups in total. The summed E-state index contributed by atoms with van der Waals surface area (Å²) in [5.74, 6) is 0.0276. The van der Waals surface area contributed by atoms with E-state index in [0.717, 1.165) is 40.9 Å². The van der Waals surface area contributed by atoms with Gasteiger partial charge < -0.3 is 10.3 Å². The number of para-hydroxylation sites is 1. The lowest BCUT2D eigenvalue weighted by molar-refractivity contribution is -0.125. The van der Waals surface area contributed by atoms with Gasteiger partial charge in [-0.25, -0.2) is 4.68 Å². The van der Waals surface area contributed by atoms with E-state index in [9.17, 15) is 9.59 Å². The second kappa shape index (κ2) is 8.54. The lowest BCUT2D eigenvalue weighted by atomic mass is 9.98. The van der Waals surface area contributed by atoms with E-state index >= 15 is 0 Å². The number of nitrogens with zero attached hydrogens (tertiary/aromatic N) is 1. The van der Waals surface area contributed by atoms with Gasteiger partial charge in [0.1, 0.15) is 0 Å². The van der Waals surface area contributed by atoms with Crippen molar-refractivity contribution in [3.63, 3.8) is 0 Å². The zero-order chi connectivity index (χ0) is 22.1. The third kappa shape index (κ3) is 3.88. The molecule has 1 aliphatic rings. The summed E-state index contributed by atoms with van der Waals surface area (Å²) >= 11 is 0. The normalized spacial score (nSPS) is 16.0. The van der Waals surface area contributed by atoms with Gasteiger partial charge in [-0.15, -0.1) is 0 Å². The molecule has 0 fully saturated rings. The zero-order valence-corrected chi connectivity index (χ0v) is 18.3. The van der Waals surface area contributed by atoms with Crippen LogP contribution >= 0.6 is 0 Å². The fourth-order valence-corrected chi connectivity index (χ4v) is 4.70. The average Bonchev–Trinajstić information content (AvgIpc) is 3.27. The molecular formula is C26H28N4O2. The van der Waals surface area contributed by atoms with Crippen molar-refractivity contribution < 1.29 is 4.79 Å². The molecule has 2 aromatic carbocycles. The number of carbonyl (C=O) groups is 1. The summed E-state index contributed by atoms with van der Waals surface area (Å²) in [7, 11) is 0. The summed E-state index contributed by atoms with van der Waals surface area (Å²) < 4.78 is 1.63. The Morgan fingerprint density at radius 3 is 2.72 bits per heavy atom. The number of nitrogens with one attached hydrogen (secondary N) is 3. The molecule has 1 aliphatic carbocycles. The molecule has 1 amide bonds. The van der Waals surface area contributed by atoms with Crippen LogP contribution in [0.2, 0.25) is 0 Å². The van der Waals surface area contributed by atoms with Crippen LogP contribution in [0.1, 0.15) is 35.2 Å². The molecule has 0 bridgehead atoms. The Morgan fingerprint density at radius 2 is 1.88 bits per heavy atom. The van der Waals surface area contributed by atoms with Gasteiger partial charge in [0.25, 0.3) is 5.56 Å². The Kier molecular flexibility index (Phi) is 5.43. The van der Waals surface area contributed by atoms with Crippen LogP contribution in [0, 0.1) is 12.8 Å². The Labute approximate surface area is 186 Å². The molecule has 2 heterocycles. The summed E-state index contributed by atoms with van der Waals surface area (Å²) in [4.78, 5) is 29.1. The van der Waals surface area contributed by atoms with Crippen molar-refractivity contribution in [1.29, 1.82) is 0 Å². The number of amides is 1. The lowest BCUT2D eigenvalue weighted by Crippen LogP contribution is -2.32. The van der Waals surface area contributed by atoms with Gasteiger partial charge >= 0.3 is 0 Å². The van der Waals surface area contributed by atoms with Crippen molar-refractivity contribution in [3.8, 4) is 5.69 Å². The maximum atomic E-state index is 13.0. The first-order chi connectivity index (χ1) is 15.6. The fraction of sp³-hybridized carbons (Fsp3) is 0.308. The number of carbonyl (C=O) groups excluding carboxylic acids is 1. The summed E-state index contributed by atoms with van der Waals surface area (Å²) in [6.07, 6.45) is 5.61. The van der Waals surface area contributed by atoms with Gasteiger partial charge in [0.05, 0.1) is 5.69 Å². The minimum absolute atomic E-state index is 0.00393. The Hall–Kier alpha value is -3.54. The van der Waals surface area contributed by atoms with Crippen molar-refractivity contribution in [1.82, 2.24) is 20.1 Å². The Balaban J connectivity index is 1.20. The second-order valence-corrected chi connectivity index (χ2v) is 8.72. The number of H-pyrrole nitrogens is 2. The van der Waals surface area contributed by atoms with Crippen molar-refractivity contribution >= 4 is 16.8 Å². The van der Waals surface area contributed by atoms with Gasteiger partial charge in [0.2, 0.25) is 5.91 Å². The van der Waals surface area contributed by atoms with Crippen LogP contribution in [-0.4, -0.2) is 27.2 Å². The average molecular weight is 429 g/mol. The molecule has 2 aromatic heterocycles. The highest BCUT2D eigenvalue weighted by Gasteiger charge is 2.26. The molecule has 0 saturated carbocycles. The van der Waals surface area contributed by atoms with Crippen LogP contribution in [0.15, 0.2) is 59.5 Å². The number of benzene rings is 2. The lowest BCUT2D eigenvalue weighted by Gasteiger charge is -2.14. The molecule has 1 atom stereocenters. The van der Waals surface area contributed by atoms with Crippen molar-refractivity contribution in [2.24, 2.45) is 5.92 Å². The topological polar surface area (TPSA) is 82.7 Å². The van der Waals surface area contributed by atoms with E-state index in [1.54, 1.807) is 4.68 Å². The van der Waals surface area contributed by atoms with Crippen LogP contribution in [0.4, 0.5) is 0 Å². The minimum atomic E-state index is -0.0639. The van der Waals surface area contributed by atoms with E-state index < -0.39 is 0 Å². The second-order valence-electron chi connectivity index (χ2n) is 8.72. The molecule has 0 aliphatic heterocycles. The first kappa shape index (κ1) is 20.4. The SMILES string of the molecule is Cc1ccc(-n2[nH]c3c(c2=O)CCC(C(=O)NCCc2c[nH]c4ccccc24)CC3)cc1. The molecule has 5 rings (SSSR count). The molecule has 0 radical (unpaired) electrons. The van der Waals surface area contributed by atoms with Crippen LogP contribution in [0.25, 0.3) is 16.6 Å². The number of aromatic amines is 2. The summed E-state index contributed by atoms with van der Waals surface area (Å²) in [5, 5.41) is 7.61. The van der Waals surface area contributed by atoms with Crippen molar-refractivity contribution in [2.45, 2.75) is 39.0 Å². The highest BCUT2D eigenvalue weighted by molar-refractivity contribution is 5.83. The highest BCUT2D eigenvalue weighted by atomic mass is 16.2. The first-order valence-electron chi connectivity index (χ1n) is 11.3. The number of aryl methyl sites for hydroxylation is 2. The fourth-order valence-electron chi connectivity index (χ4n) is 4.70. The Morgan fingerprint density at radius 1 is 1.09 bits per heavy atom. The van der Waals surface area contributed by atoms with Gasteiger partial charge in [-0.2, -0.15) is 0 Å². The number of fused-ring (bicyclic) bond motifs is 2. The van der Waals surface area contributed by atoms with Gasteiger partial charge in [0.15, 0.2) is 0 Å². The molecule has 6 heteroatoms. The molecule has 6 nitrogen and oxygen atoms in total. The summed E-state index contributed by atoms with van der Waals surface area (Å²) in [6, 6.07) is 16.1. The van der Waals surface area contributed by atoms with E-state index in [4.69, 9.17) is 0 Å². The van der Waals surface area contributed by atoms with E-state index in [2.05, 4.69) is 27.5 Å². The van der Waals surface area contributed by atoms with Crippen molar-refractivity contribution in [3.05, 3.63) is 87.5 Å². The van der Waals surface area contributed by atoms with Crippen LogP contribution < -0.4 is 10.9 Å². The quantitative estimate of drug-likeness (QED) is 0.423. The molecule has 4 aromatic rings. The van der Waals surface area contributed by atoms with E-state index in [1.165, 1.54) is 10.9 Å². The molecule has 32 heavy (non-hydrogen) atoms. The Bertz CT molecular complexity index is 1310. The standard InChI is InChI=1S/C26H28N4O2/c1-17-6-10-20(11-7-17)30-26(32)22-12-8-18(9-13-24(22)29-30)25(31)27-15-14-19-16-28-23-5-3-2-4-21(19)23/h2-7,10-11,16,18,28-29H,8-9,12-15H2,1H3,(H,27,31). The van der Waals surface area contributed by atoms with Crippen LogP contribution in [-0.2, 0) is 24.1 Å². The van der Waals surface area contributed by atoms with Gasteiger partial charge in [-0.05, 0) is 62.8 Å². The number of aromatic nitrogens is 3. The minimum Gasteiger partial charge on any atom is -0.361 e. The smallest absolute Gasteiger partial charge is 0.274 e. The van der Waals surface area contributed by atoms with Gasteiger partial charge in [-0.1, -0.05) is 35.9 Å². The third-order valence-corrected chi connectivity index (χ3v) is 6.59. The molecule has 1 unspecified atom stereocenters. The molecule has 0 saturated heterocycles. The van der Waals surface area contributed by atoms with E-state index in [0.29, 0.717) is 25.8 Å². The van der Waals surface area contributed by atoms with Gasteiger partial charge in [-0.3, -0.25) is 14.7 Å². The van der Waals surface area contributed by atoms with Crippen molar-refractivity contribution in [2.75, 3.05) is 6.54 Å². The molecular weight excluding hydrogens is 400 g/mol. The monoisotopic (exact) mass is 428 g/mol. The van der Waals surface area contributed by atoms with Gasteiger partial charge in [0, 0.05) is 40.8 Å². The van der Waals surface area contributed by atoms with E-state index in [1.807, 2.05) is 49.5 Å². The van der Waals surface area contributed by atoms with Crippen LogP contribution in [0.5, 0.6) is 0 Å². The molecule has 164 valence electrons.